The van der Waals surface area contributed by atoms with Crippen LogP contribution in [0.2, 0.25) is 0 Å². The van der Waals surface area contributed by atoms with Crippen LogP contribution < -0.4 is 5.73 Å². The van der Waals surface area contributed by atoms with E-state index in [9.17, 15) is 18.0 Å². The summed E-state index contributed by atoms with van der Waals surface area (Å²) in [5.41, 5.74) is 7.77. The molecule has 0 aliphatic heterocycles. The Balaban J connectivity index is 2.25. The van der Waals surface area contributed by atoms with E-state index in [1.807, 2.05) is 6.92 Å². The molecule has 5 heteroatoms. The van der Waals surface area contributed by atoms with Crippen molar-refractivity contribution in [3.05, 3.63) is 70.3 Å². The maximum absolute atomic E-state index is 12.5. The Labute approximate surface area is 126 Å². The highest BCUT2D eigenvalue weighted by Gasteiger charge is 2.29. The Morgan fingerprint density at radius 3 is 2.18 bits per heavy atom. The van der Waals surface area contributed by atoms with Crippen LogP contribution in [-0.4, -0.2) is 5.91 Å². The van der Waals surface area contributed by atoms with Gasteiger partial charge in [0.2, 0.25) is 5.91 Å². The van der Waals surface area contributed by atoms with Crippen LogP contribution in [0.4, 0.5) is 13.2 Å². The molecule has 0 saturated carbocycles. The fourth-order valence-electron chi connectivity index (χ4n) is 2.31. The zero-order valence-electron chi connectivity index (χ0n) is 12.1. The molecule has 22 heavy (non-hydrogen) atoms. The molecule has 0 radical (unpaired) electrons. The normalized spacial score (nSPS) is 11.5. The Bertz CT molecular complexity index is 675. The number of halogens is 3. The Morgan fingerprint density at radius 1 is 1.05 bits per heavy atom. The maximum atomic E-state index is 12.5. The highest BCUT2D eigenvalue weighted by atomic mass is 19.4. The third-order valence-corrected chi connectivity index (χ3v) is 3.55. The maximum Gasteiger partial charge on any atom is 0.416 e. The minimum absolute atomic E-state index is 0.438. The topological polar surface area (TPSA) is 43.1 Å². The van der Waals surface area contributed by atoms with Crippen molar-refractivity contribution in [3.63, 3.8) is 0 Å². The molecule has 0 saturated heterocycles. The third-order valence-electron chi connectivity index (χ3n) is 3.55. The highest BCUT2D eigenvalue weighted by molar-refractivity contribution is 5.93. The predicted octanol–water partition coefficient (Wildman–Crippen LogP) is 3.96. The van der Waals surface area contributed by atoms with Crippen LogP contribution in [0.5, 0.6) is 0 Å². The molecule has 2 aromatic rings. The molecule has 0 bridgehead atoms. The summed E-state index contributed by atoms with van der Waals surface area (Å²) >= 11 is 0. The molecular weight excluding hydrogens is 291 g/mol. The lowest BCUT2D eigenvalue weighted by Gasteiger charge is -2.11. The molecule has 0 aliphatic rings. The second-order valence-electron chi connectivity index (χ2n) is 5.07. The third kappa shape index (κ3) is 3.67. The number of alkyl halides is 3. The van der Waals surface area contributed by atoms with Gasteiger partial charge in [0, 0.05) is 5.56 Å². The lowest BCUT2D eigenvalue weighted by molar-refractivity contribution is -0.137. The number of primary amides is 1. The summed E-state index contributed by atoms with van der Waals surface area (Å²) in [6.45, 7) is 1.95. The van der Waals surface area contributed by atoms with Gasteiger partial charge in [0.05, 0.1) is 5.56 Å². The molecule has 116 valence electrons. The van der Waals surface area contributed by atoms with Crippen molar-refractivity contribution in [3.8, 4) is 0 Å². The van der Waals surface area contributed by atoms with Crippen LogP contribution in [0.15, 0.2) is 42.5 Å². The van der Waals surface area contributed by atoms with Crippen LogP contribution in [0, 0.1) is 0 Å². The first-order valence-electron chi connectivity index (χ1n) is 6.89. The molecule has 0 heterocycles. The fraction of sp³-hybridized carbons (Fsp3) is 0.235. The monoisotopic (exact) mass is 307 g/mol. The van der Waals surface area contributed by atoms with Crippen LogP contribution in [0.1, 0.15) is 39.5 Å². The molecule has 0 spiro atoms. The number of amides is 1. The van der Waals surface area contributed by atoms with Crippen molar-refractivity contribution >= 4 is 5.91 Å². The summed E-state index contributed by atoms with van der Waals surface area (Å²) in [6.07, 6.45) is -3.09. The molecule has 2 nitrogen and oxygen atoms in total. The second kappa shape index (κ2) is 6.22. The van der Waals surface area contributed by atoms with E-state index < -0.39 is 17.6 Å². The summed E-state index contributed by atoms with van der Waals surface area (Å²) in [6, 6.07) is 10.3. The predicted molar refractivity (Wildman–Crippen MR) is 78.6 cm³/mol. The fourth-order valence-corrected chi connectivity index (χ4v) is 2.31. The van der Waals surface area contributed by atoms with Gasteiger partial charge in [0.1, 0.15) is 0 Å². The molecule has 2 N–H and O–H groups in total. The van der Waals surface area contributed by atoms with Crippen molar-refractivity contribution < 1.29 is 18.0 Å². The average molecular weight is 307 g/mol. The van der Waals surface area contributed by atoms with Gasteiger partial charge in [-0.1, -0.05) is 25.1 Å². The van der Waals surface area contributed by atoms with Gasteiger partial charge >= 0.3 is 6.18 Å². The standard InChI is InChI=1S/C17H16F3NO/c1-2-12-10-14(16(21)22)6-5-13(12)9-11-3-7-15(8-4-11)17(18,19)20/h3-8,10H,2,9H2,1H3,(H2,21,22). The van der Waals surface area contributed by atoms with Gasteiger partial charge in [0.25, 0.3) is 0 Å². The van der Waals surface area contributed by atoms with Crippen LogP contribution in [0.25, 0.3) is 0 Å². The molecule has 2 rings (SSSR count). The van der Waals surface area contributed by atoms with E-state index in [-0.39, 0.29) is 0 Å². The highest BCUT2D eigenvalue weighted by Crippen LogP contribution is 2.29. The van der Waals surface area contributed by atoms with Gasteiger partial charge in [-0.05, 0) is 53.8 Å². The van der Waals surface area contributed by atoms with Crippen molar-refractivity contribution in [2.24, 2.45) is 5.73 Å². The van der Waals surface area contributed by atoms with Crippen molar-refractivity contribution in [1.29, 1.82) is 0 Å². The van der Waals surface area contributed by atoms with E-state index in [2.05, 4.69) is 0 Å². The lowest BCUT2D eigenvalue weighted by atomic mass is 9.95. The molecule has 0 atom stereocenters. The number of nitrogens with two attached hydrogens (primary N) is 1. The first kappa shape index (κ1) is 16.1. The zero-order chi connectivity index (χ0) is 16.3. The second-order valence-corrected chi connectivity index (χ2v) is 5.07. The molecule has 0 aliphatic carbocycles. The molecule has 2 aromatic carbocycles. The lowest BCUT2D eigenvalue weighted by Crippen LogP contribution is -2.11. The number of aryl methyl sites for hydroxylation is 1. The van der Waals surface area contributed by atoms with Crippen molar-refractivity contribution in [1.82, 2.24) is 0 Å². The van der Waals surface area contributed by atoms with E-state index in [1.165, 1.54) is 12.1 Å². The summed E-state index contributed by atoms with van der Waals surface area (Å²) in [4.78, 5) is 11.2. The zero-order valence-corrected chi connectivity index (χ0v) is 12.1. The Hall–Kier alpha value is -2.30. The Morgan fingerprint density at radius 2 is 1.68 bits per heavy atom. The Kier molecular flexibility index (Phi) is 4.54. The van der Waals surface area contributed by atoms with Crippen molar-refractivity contribution in [2.45, 2.75) is 25.9 Å². The molecule has 0 aromatic heterocycles. The summed E-state index contributed by atoms with van der Waals surface area (Å²) in [5, 5.41) is 0. The van der Waals surface area contributed by atoms with Gasteiger partial charge < -0.3 is 5.73 Å². The number of carbonyl (C=O) groups excluding carboxylic acids is 1. The average Bonchev–Trinajstić information content (AvgIpc) is 2.47. The minimum Gasteiger partial charge on any atom is -0.366 e. The van der Waals surface area contributed by atoms with E-state index in [1.54, 1.807) is 18.2 Å². The van der Waals surface area contributed by atoms with Gasteiger partial charge in [-0.25, -0.2) is 0 Å². The molecule has 0 fully saturated rings. The van der Waals surface area contributed by atoms with Crippen LogP contribution in [-0.2, 0) is 19.0 Å². The molecule has 0 unspecified atom stereocenters. The smallest absolute Gasteiger partial charge is 0.366 e. The van der Waals surface area contributed by atoms with Gasteiger partial charge in [-0.15, -0.1) is 0 Å². The first-order chi connectivity index (χ1) is 10.3. The number of rotatable bonds is 4. The largest absolute Gasteiger partial charge is 0.416 e. The summed E-state index contributed by atoms with van der Waals surface area (Å²) in [7, 11) is 0. The van der Waals surface area contributed by atoms with Gasteiger partial charge in [0.15, 0.2) is 0 Å². The molecular formula is C17H16F3NO. The number of carbonyl (C=O) groups is 1. The van der Waals surface area contributed by atoms with E-state index in [4.69, 9.17) is 5.73 Å². The van der Waals surface area contributed by atoms with Gasteiger partial charge in [-0.2, -0.15) is 13.2 Å². The summed E-state index contributed by atoms with van der Waals surface area (Å²) < 4.78 is 37.6. The van der Waals surface area contributed by atoms with Gasteiger partial charge in [-0.3, -0.25) is 4.79 Å². The SMILES string of the molecule is CCc1cc(C(N)=O)ccc1Cc1ccc(C(F)(F)F)cc1. The first-order valence-corrected chi connectivity index (χ1v) is 6.89. The van der Waals surface area contributed by atoms with Crippen LogP contribution in [0.3, 0.4) is 0 Å². The van der Waals surface area contributed by atoms with E-state index in [0.717, 1.165) is 35.2 Å². The molecule has 1 amide bonds. The summed E-state index contributed by atoms with van der Waals surface area (Å²) in [5.74, 6) is -0.490. The number of benzene rings is 2. The van der Waals surface area contributed by atoms with Crippen molar-refractivity contribution in [2.75, 3.05) is 0 Å². The quantitative estimate of drug-likeness (QED) is 0.913. The number of hydrogen-bond acceptors (Lipinski definition) is 1. The number of hydrogen-bond donors (Lipinski definition) is 1. The minimum atomic E-state index is -4.32. The van der Waals surface area contributed by atoms with E-state index in [0.29, 0.717) is 12.0 Å². The van der Waals surface area contributed by atoms with Crippen LogP contribution >= 0.6 is 0 Å². The van der Waals surface area contributed by atoms with E-state index >= 15 is 0 Å².